The van der Waals surface area contributed by atoms with Crippen molar-refractivity contribution in [2.45, 2.75) is 6.42 Å². The molecule has 1 aliphatic rings. The molecule has 3 aromatic heterocycles. The van der Waals surface area contributed by atoms with Gasteiger partial charge >= 0.3 is 0 Å². The molecule has 0 amide bonds. The minimum atomic E-state index is -0.288. The largest absolute Gasteiger partial charge is 0.303 e. The maximum Gasteiger partial charge on any atom is 0.191 e. The molecule has 0 saturated heterocycles. The van der Waals surface area contributed by atoms with Crippen molar-refractivity contribution in [2.24, 2.45) is 0 Å². The number of hydrogen-bond acceptors (Lipinski definition) is 8. The highest BCUT2D eigenvalue weighted by Crippen LogP contribution is 2.33. The van der Waals surface area contributed by atoms with Gasteiger partial charge in [-0.05, 0) is 54.6 Å². The summed E-state index contributed by atoms with van der Waals surface area (Å²) in [6.07, 6.45) is 5.93. The van der Waals surface area contributed by atoms with E-state index in [1.807, 2.05) is 29.5 Å². The Balaban J connectivity index is 1.52. The first kappa shape index (κ1) is 21.7. The molecule has 0 unspecified atom stereocenters. The summed E-state index contributed by atoms with van der Waals surface area (Å²) in [6, 6.07) is 10.1. The Hall–Kier alpha value is -3.08. The van der Waals surface area contributed by atoms with Crippen LogP contribution in [-0.2, 0) is 0 Å². The predicted molar refractivity (Wildman–Crippen MR) is 132 cm³/mol. The molecule has 0 atom stereocenters. The van der Waals surface area contributed by atoms with Gasteiger partial charge in [-0.25, -0.2) is 18.7 Å². The molecule has 33 heavy (non-hydrogen) atoms. The summed E-state index contributed by atoms with van der Waals surface area (Å²) in [4.78, 5) is 22.8. The zero-order valence-corrected chi connectivity index (χ0v) is 19.7. The van der Waals surface area contributed by atoms with Crippen LogP contribution in [0.5, 0.6) is 0 Å². The van der Waals surface area contributed by atoms with Gasteiger partial charge in [0.05, 0.1) is 11.4 Å². The van der Waals surface area contributed by atoms with Gasteiger partial charge in [0.1, 0.15) is 11.5 Å². The molecule has 1 aromatic carbocycles. The molecule has 0 N–H and O–H groups in total. The summed E-state index contributed by atoms with van der Waals surface area (Å²) in [5.41, 5.74) is 4.52. The highest BCUT2D eigenvalue weighted by atomic mass is 32.2. The van der Waals surface area contributed by atoms with Gasteiger partial charge in [0.2, 0.25) is 0 Å². The zero-order chi connectivity index (χ0) is 22.9. The van der Waals surface area contributed by atoms with Crippen molar-refractivity contribution in [2.75, 3.05) is 31.3 Å². The molecule has 0 aliphatic carbocycles. The number of nitrogens with zero attached hydrogens (tertiary/aromatic N) is 6. The molecule has 1 aliphatic heterocycles. The number of imidazole rings is 1. The van der Waals surface area contributed by atoms with E-state index in [0.29, 0.717) is 22.3 Å². The second kappa shape index (κ2) is 9.05. The monoisotopic (exact) mass is 480 g/mol. The lowest BCUT2D eigenvalue weighted by molar-refractivity contribution is 0.112. The van der Waals surface area contributed by atoms with Gasteiger partial charge < -0.3 is 4.90 Å². The van der Waals surface area contributed by atoms with E-state index in [1.165, 1.54) is 29.0 Å². The number of halogens is 1. The van der Waals surface area contributed by atoms with E-state index in [2.05, 4.69) is 21.6 Å². The van der Waals surface area contributed by atoms with E-state index >= 15 is 0 Å². The van der Waals surface area contributed by atoms with Gasteiger partial charge in [-0.15, -0.1) is 11.3 Å². The summed E-state index contributed by atoms with van der Waals surface area (Å²) in [6.45, 7) is 1.84. The Kier molecular flexibility index (Phi) is 5.96. The smallest absolute Gasteiger partial charge is 0.191 e. The fraction of sp³-hybridized carbons (Fsp3) is 0.217. The Morgan fingerprint density at radius 1 is 1.15 bits per heavy atom. The number of rotatable bonds is 6. The van der Waals surface area contributed by atoms with E-state index in [-0.39, 0.29) is 5.82 Å². The predicted octanol–water partition coefficient (Wildman–Crippen LogP) is 4.94. The van der Waals surface area contributed by atoms with Crippen LogP contribution in [0.15, 0.2) is 47.9 Å². The first-order valence-corrected chi connectivity index (χ1v) is 12.4. The molecular weight excluding hydrogens is 459 g/mol. The van der Waals surface area contributed by atoms with Crippen molar-refractivity contribution in [1.82, 2.24) is 23.9 Å². The lowest BCUT2D eigenvalue weighted by Crippen LogP contribution is -2.21. The van der Waals surface area contributed by atoms with Crippen molar-refractivity contribution < 1.29 is 9.18 Å². The third-order valence-electron chi connectivity index (χ3n) is 5.59. The van der Waals surface area contributed by atoms with Gasteiger partial charge in [0, 0.05) is 31.1 Å². The van der Waals surface area contributed by atoms with Crippen LogP contribution in [-0.4, -0.2) is 56.6 Å². The Morgan fingerprint density at radius 3 is 2.67 bits per heavy atom. The maximum atomic E-state index is 13.3. The summed E-state index contributed by atoms with van der Waals surface area (Å²) < 4.78 is 17.3. The van der Waals surface area contributed by atoms with Crippen LogP contribution >= 0.6 is 23.3 Å². The molecule has 4 aromatic rings. The van der Waals surface area contributed by atoms with E-state index in [0.717, 1.165) is 42.7 Å². The fourth-order valence-corrected chi connectivity index (χ4v) is 5.11. The van der Waals surface area contributed by atoms with Gasteiger partial charge in [-0.3, -0.25) is 4.79 Å². The standard InChI is InChI=1S/C23H21FN6OS2/c1-28(23-26-20(14-33-23)15-3-5-17(24)6-4-15)22-19(13-31)25-21-8-7-18(27-30(21)22)16-9-11-29(32-2)12-10-16/h3-9,13-14H,10-12H2,1-2H3. The minimum absolute atomic E-state index is 0.288. The number of aromatic nitrogens is 4. The normalized spacial score (nSPS) is 14.5. The van der Waals surface area contributed by atoms with E-state index < -0.39 is 0 Å². The molecule has 5 rings (SSSR count). The maximum absolute atomic E-state index is 13.3. The quantitative estimate of drug-likeness (QED) is 0.286. The zero-order valence-electron chi connectivity index (χ0n) is 18.1. The Bertz CT molecular complexity index is 1350. The second-order valence-electron chi connectivity index (χ2n) is 7.56. The fourth-order valence-electron chi connectivity index (χ4n) is 3.81. The van der Waals surface area contributed by atoms with Crippen molar-refractivity contribution in [1.29, 1.82) is 0 Å². The molecule has 7 nitrogen and oxygen atoms in total. The van der Waals surface area contributed by atoms with Crippen LogP contribution in [0, 0.1) is 5.82 Å². The van der Waals surface area contributed by atoms with Gasteiger partial charge in [-0.2, -0.15) is 9.61 Å². The van der Waals surface area contributed by atoms with Crippen LogP contribution in [0.25, 0.3) is 22.5 Å². The highest BCUT2D eigenvalue weighted by molar-refractivity contribution is 7.96. The molecule has 4 heterocycles. The van der Waals surface area contributed by atoms with Crippen LogP contribution in [0.2, 0.25) is 0 Å². The SMILES string of the molecule is CSN1CC=C(c2ccc3nc(C=O)c(N(C)c4nc(-c5ccc(F)cc5)cs4)n3n2)CC1. The van der Waals surface area contributed by atoms with E-state index in [4.69, 9.17) is 10.1 Å². The summed E-state index contributed by atoms with van der Waals surface area (Å²) in [7, 11) is 1.84. The molecule has 0 spiro atoms. The van der Waals surface area contributed by atoms with Crippen LogP contribution in [0.1, 0.15) is 22.6 Å². The summed E-state index contributed by atoms with van der Waals surface area (Å²) in [5.74, 6) is 0.271. The average Bonchev–Trinajstić information content (AvgIpc) is 3.49. The minimum Gasteiger partial charge on any atom is -0.303 e. The van der Waals surface area contributed by atoms with E-state index in [1.54, 1.807) is 28.6 Å². The third-order valence-corrected chi connectivity index (χ3v) is 7.35. The van der Waals surface area contributed by atoms with E-state index in [9.17, 15) is 9.18 Å². The third kappa shape index (κ3) is 4.17. The lowest BCUT2D eigenvalue weighted by atomic mass is 10.1. The van der Waals surface area contributed by atoms with Crippen LogP contribution in [0.4, 0.5) is 15.3 Å². The molecule has 10 heteroatoms. The number of benzene rings is 1. The Labute approximate surface area is 198 Å². The van der Waals surface area contributed by atoms with Crippen molar-refractivity contribution in [3.05, 3.63) is 65.1 Å². The number of carbonyl (C=O) groups is 1. The number of fused-ring (bicyclic) bond motifs is 1. The number of aldehydes is 1. The second-order valence-corrected chi connectivity index (χ2v) is 9.28. The van der Waals surface area contributed by atoms with Crippen molar-refractivity contribution in [3.8, 4) is 11.3 Å². The van der Waals surface area contributed by atoms with Gasteiger partial charge in [0.25, 0.3) is 0 Å². The Morgan fingerprint density at radius 2 is 1.97 bits per heavy atom. The van der Waals surface area contributed by atoms with Gasteiger partial charge in [0.15, 0.2) is 22.9 Å². The highest BCUT2D eigenvalue weighted by Gasteiger charge is 2.22. The average molecular weight is 481 g/mol. The molecular formula is C23H21FN6OS2. The first-order valence-electron chi connectivity index (χ1n) is 10.4. The summed E-state index contributed by atoms with van der Waals surface area (Å²) >= 11 is 3.17. The molecule has 0 fully saturated rings. The number of carbonyl (C=O) groups excluding carboxylic acids is 1. The first-order chi connectivity index (χ1) is 16.1. The van der Waals surface area contributed by atoms with Gasteiger partial charge in [-0.1, -0.05) is 18.0 Å². The number of anilines is 2. The molecule has 0 bridgehead atoms. The molecule has 0 radical (unpaired) electrons. The summed E-state index contributed by atoms with van der Waals surface area (Å²) in [5, 5.41) is 7.42. The van der Waals surface area contributed by atoms with Crippen molar-refractivity contribution >= 4 is 51.7 Å². The topological polar surface area (TPSA) is 66.6 Å². The number of thiazole rings is 1. The number of hydrogen-bond donors (Lipinski definition) is 0. The van der Waals surface area contributed by atoms with Crippen LogP contribution in [0.3, 0.4) is 0 Å². The lowest BCUT2D eigenvalue weighted by Gasteiger charge is -2.23. The molecule has 168 valence electrons. The molecule has 0 saturated carbocycles. The van der Waals surface area contributed by atoms with Crippen molar-refractivity contribution in [3.63, 3.8) is 0 Å². The van der Waals surface area contributed by atoms with Crippen LogP contribution < -0.4 is 4.90 Å².